The van der Waals surface area contributed by atoms with Crippen molar-refractivity contribution >= 4 is 42.9 Å². The van der Waals surface area contributed by atoms with Crippen molar-refractivity contribution in [1.29, 1.82) is 0 Å². The minimum absolute atomic E-state index is 0.0325. The van der Waals surface area contributed by atoms with Gasteiger partial charge in [-0.25, -0.2) is 0 Å². The van der Waals surface area contributed by atoms with E-state index in [1.807, 2.05) is 23.9 Å². The van der Waals surface area contributed by atoms with Crippen molar-refractivity contribution in [3.05, 3.63) is 34.8 Å². The normalized spacial score (nSPS) is 32.4. The number of aliphatic hydroxyl groups is 2. The predicted octanol–water partition coefficient (Wildman–Crippen LogP) is 6.26. The van der Waals surface area contributed by atoms with Gasteiger partial charge in [-0.15, -0.1) is 32.5 Å². The molecule has 4 aliphatic carbocycles. The van der Waals surface area contributed by atoms with Gasteiger partial charge in [0, 0.05) is 21.8 Å². The number of rotatable bonds is 11. The molecule has 1 saturated carbocycles. The van der Waals surface area contributed by atoms with Crippen molar-refractivity contribution in [3.63, 3.8) is 0 Å². The van der Waals surface area contributed by atoms with Crippen molar-refractivity contribution in [2.75, 3.05) is 12.3 Å². The SMILES string of the molecule is C=IC1C(O)C=CCC1C(=O)N[C@@H](CSC1=CCC2CCCCC2C1)[C@H](O)CC1=CCCCC1CNC(C)(C)C. The Bertz CT molecular complexity index is 958. The van der Waals surface area contributed by atoms with Crippen molar-refractivity contribution in [2.24, 2.45) is 23.7 Å². The molecule has 5 nitrogen and oxygen atoms in total. The van der Waals surface area contributed by atoms with Crippen LogP contribution in [0.4, 0.5) is 0 Å². The molecule has 0 aromatic rings. The molecule has 0 aliphatic heterocycles. The molecule has 0 spiro atoms. The van der Waals surface area contributed by atoms with Crippen LogP contribution in [0.2, 0.25) is 0 Å². The highest BCUT2D eigenvalue weighted by atomic mass is 127. The monoisotopic (exact) mass is 684 g/mol. The topological polar surface area (TPSA) is 81.6 Å². The van der Waals surface area contributed by atoms with Gasteiger partial charge in [-0.05, 0) is 101 Å². The van der Waals surface area contributed by atoms with Crippen molar-refractivity contribution < 1.29 is 15.0 Å². The third kappa shape index (κ3) is 9.26. The van der Waals surface area contributed by atoms with Gasteiger partial charge in [0.05, 0.1) is 24.2 Å². The Morgan fingerprint density at radius 1 is 1.15 bits per heavy atom. The van der Waals surface area contributed by atoms with Crippen LogP contribution in [0.3, 0.4) is 0 Å². The smallest absolute Gasteiger partial charge is 0.224 e. The zero-order valence-electron chi connectivity index (χ0n) is 24.9. The lowest BCUT2D eigenvalue weighted by Gasteiger charge is -2.36. The second kappa shape index (κ2) is 15.3. The average molecular weight is 685 g/mol. The first-order valence-corrected chi connectivity index (χ1v) is 19.4. The van der Waals surface area contributed by atoms with E-state index in [-0.39, 0.29) is 27.3 Å². The molecular weight excluding hydrogens is 631 g/mol. The lowest BCUT2D eigenvalue weighted by Crippen LogP contribution is -2.50. The Balaban J connectivity index is 1.44. The Kier molecular flexibility index (Phi) is 12.4. The standard InChI is InChI=1S/C33H53IN2O3S/c1-33(2,3)35-20-25-13-8-7-12-24(25)19-30(38)28(36-32(39)27-14-9-15-29(37)31(27)34-4)21-40-26-17-16-22-10-5-6-11-23(22)18-26/h9,12,15,17,22-23,25,27-31,35,37-38H,4-8,10-11,13-14,16,18-21H2,1-3H3,(H,36,39)/t22?,23?,25?,27?,28-,29?,30+,31?/m0/s1. The van der Waals surface area contributed by atoms with E-state index in [4.69, 9.17) is 0 Å². The third-order valence-corrected chi connectivity index (χ3v) is 13.2. The van der Waals surface area contributed by atoms with Crippen molar-refractivity contribution in [3.8, 4) is 0 Å². The summed E-state index contributed by atoms with van der Waals surface area (Å²) in [4.78, 5) is 15.1. The van der Waals surface area contributed by atoms with E-state index in [1.54, 1.807) is 0 Å². The first kappa shape index (κ1) is 32.4. The van der Waals surface area contributed by atoms with E-state index >= 15 is 0 Å². The number of aliphatic hydroxyl groups excluding tert-OH is 2. The molecule has 4 N–H and O–H groups in total. The molecule has 0 aromatic heterocycles. The second-order valence-corrected chi connectivity index (χ2v) is 17.0. The van der Waals surface area contributed by atoms with Crippen LogP contribution in [-0.4, -0.2) is 60.6 Å². The Hall–Kier alpha value is -0.480. The van der Waals surface area contributed by atoms with Gasteiger partial charge >= 0.3 is 0 Å². The minimum Gasteiger partial charge on any atom is -0.391 e. The van der Waals surface area contributed by atoms with Gasteiger partial charge in [0.15, 0.2) is 0 Å². The Labute approximate surface area is 257 Å². The quantitative estimate of drug-likeness (QED) is 0.117. The Morgan fingerprint density at radius 2 is 1.93 bits per heavy atom. The molecule has 0 saturated heterocycles. The summed E-state index contributed by atoms with van der Waals surface area (Å²) < 4.78 is 4.04. The van der Waals surface area contributed by atoms with Gasteiger partial charge in [0.1, 0.15) is 0 Å². The fourth-order valence-electron chi connectivity index (χ4n) is 6.93. The van der Waals surface area contributed by atoms with Crippen molar-refractivity contribution in [1.82, 2.24) is 10.6 Å². The average Bonchev–Trinajstić information content (AvgIpc) is 2.93. The summed E-state index contributed by atoms with van der Waals surface area (Å²) >= 11 is 1.31. The van der Waals surface area contributed by atoms with Gasteiger partial charge < -0.3 is 20.8 Å². The first-order chi connectivity index (χ1) is 19.1. The fraction of sp³-hybridized carbons (Fsp3) is 0.758. The molecule has 1 fully saturated rings. The number of hydrogen-bond donors (Lipinski definition) is 4. The van der Waals surface area contributed by atoms with Crippen LogP contribution in [0.15, 0.2) is 34.8 Å². The number of allylic oxidation sites excluding steroid dienone is 4. The number of fused-ring (bicyclic) bond motifs is 1. The third-order valence-electron chi connectivity index (χ3n) is 9.38. The number of nitrogens with one attached hydrogen (secondary N) is 2. The maximum atomic E-state index is 13.6. The largest absolute Gasteiger partial charge is 0.391 e. The number of thioether (sulfide) groups is 1. The van der Waals surface area contributed by atoms with E-state index in [0.717, 1.165) is 37.6 Å². The number of halogens is 1. The fourth-order valence-corrected chi connectivity index (χ4v) is 10.2. The number of amides is 1. The van der Waals surface area contributed by atoms with Crippen LogP contribution >= 0.6 is 32.5 Å². The van der Waals surface area contributed by atoms with Crippen LogP contribution in [0.5, 0.6) is 0 Å². The van der Waals surface area contributed by atoms with E-state index in [9.17, 15) is 15.0 Å². The molecular formula is C33H53IN2O3S. The molecule has 8 atom stereocenters. The van der Waals surface area contributed by atoms with Crippen LogP contribution in [0.25, 0.3) is 0 Å². The van der Waals surface area contributed by atoms with Crippen LogP contribution in [0.1, 0.15) is 91.4 Å². The van der Waals surface area contributed by atoms with Gasteiger partial charge in [-0.2, -0.15) is 0 Å². The van der Waals surface area contributed by atoms with Crippen molar-refractivity contribution in [2.45, 2.75) is 119 Å². The number of carbonyl (C=O) groups is 1. The first-order valence-electron chi connectivity index (χ1n) is 15.6. The number of hydrogen-bond acceptors (Lipinski definition) is 5. The summed E-state index contributed by atoms with van der Waals surface area (Å²) in [6.45, 7) is 7.52. The van der Waals surface area contributed by atoms with Crippen LogP contribution < -0.4 is 10.6 Å². The zero-order chi connectivity index (χ0) is 28.7. The summed E-state index contributed by atoms with van der Waals surface area (Å²) in [5.41, 5.74) is 1.39. The summed E-state index contributed by atoms with van der Waals surface area (Å²) in [5.74, 6) is 2.47. The molecule has 6 unspecified atom stereocenters. The van der Waals surface area contributed by atoms with Gasteiger partial charge in [0.2, 0.25) is 5.91 Å². The van der Waals surface area contributed by atoms with E-state index < -0.39 is 32.9 Å². The highest BCUT2D eigenvalue weighted by Crippen LogP contribution is 2.43. The maximum Gasteiger partial charge on any atom is 0.224 e. The highest BCUT2D eigenvalue weighted by Gasteiger charge is 2.36. The summed E-state index contributed by atoms with van der Waals surface area (Å²) in [7, 11) is 0. The lowest BCUT2D eigenvalue weighted by molar-refractivity contribution is -0.126. The number of alkyl halides is 1. The number of carbonyl (C=O) groups excluding carboxylic acids is 1. The molecule has 40 heavy (non-hydrogen) atoms. The molecule has 0 bridgehead atoms. The lowest BCUT2D eigenvalue weighted by atomic mass is 9.73. The minimum atomic E-state index is -0.637. The maximum absolute atomic E-state index is 13.6. The molecule has 4 rings (SSSR count). The molecule has 7 heteroatoms. The van der Waals surface area contributed by atoms with Crippen LogP contribution in [0, 0.1) is 23.7 Å². The molecule has 4 aliphatic rings. The molecule has 226 valence electrons. The van der Waals surface area contributed by atoms with E-state index in [0.29, 0.717) is 24.5 Å². The van der Waals surface area contributed by atoms with Crippen LogP contribution in [-0.2, 0) is 4.79 Å². The zero-order valence-corrected chi connectivity index (χ0v) is 27.9. The summed E-state index contributed by atoms with van der Waals surface area (Å²) in [5, 5.41) is 29.1. The molecule has 1 amide bonds. The summed E-state index contributed by atoms with van der Waals surface area (Å²) in [6.07, 6.45) is 19.7. The van der Waals surface area contributed by atoms with Gasteiger partial charge in [-0.1, -0.05) is 47.2 Å². The van der Waals surface area contributed by atoms with E-state index in [1.165, 1.54) is 49.0 Å². The molecule has 0 heterocycles. The summed E-state index contributed by atoms with van der Waals surface area (Å²) in [6, 6.07) is -0.326. The van der Waals surface area contributed by atoms with E-state index in [2.05, 4.69) is 48.1 Å². The van der Waals surface area contributed by atoms with Gasteiger partial charge in [-0.3, -0.25) is 4.79 Å². The predicted molar refractivity (Wildman–Crippen MR) is 179 cm³/mol. The Morgan fingerprint density at radius 3 is 2.67 bits per heavy atom. The molecule has 0 aromatic carbocycles. The van der Waals surface area contributed by atoms with Gasteiger partial charge in [0.25, 0.3) is 0 Å². The molecule has 0 radical (unpaired) electrons. The highest BCUT2D eigenvalue weighted by molar-refractivity contribution is 14.2. The second-order valence-electron chi connectivity index (χ2n) is 13.5.